The smallest absolute Gasteiger partial charge is 0.225 e. The van der Waals surface area contributed by atoms with Gasteiger partial charge in [0.05, 0.1) is 28.8 Å². The number of Topliss-reactive ketones (excluding diaryl/α,β-unsaturated/α-hetero) is 1. The van der Waals surface area contributed by atoms with Crippen LogP contribution in [0.2, 0.25) is 0 Å². The maximum Gasteiger partial charge on any atom is 0.225 e. The van der Waals surface area contributed by atoms with E-state index in [0.717, 1.165) is 54.5 Å². The van der Waals surface area contributed by atoms with E-state index in [-0.39, 0.29) is 12.0 Å². The van der Waals surface area contributed by atoms with E-state index in [4.69, 9.17) is 9.72 Å². The van der Waals surface area contributed by atoms with E-state index in [2.05, 4.69) is 26.4 Å². The summed E-state index contributed by atoms with van der Waals surface area (Å²) in [4.78, 5) is 16.5. The normalized spacial score (nSPS) is 21.4. The molecule has 0 aromatic carbocycles. The zero-order valence-corrected chi connectivity index (χ0v) is 17.5. The van der Waals surface area contributed by atoms with Gasteiger partial charge >= 0.3 is 0 Å². The summed E-state index contributed by atoms with van der Waals surface area (Å²) in [6.07, 6.45) is 10.1. The summed E-state index contributed by atoms with van der Waals surface area (Å²) in [5.74, 6) is 1.16. The van der Waals surface area contributed by atoms with Gasteiger partial charge in [-0.1, -0.05) is 0 Å². The van der Waals surface area contributed by atoms with Crippen LogP contribution in [-0.2, 0) is 11.8 Å². The van der Waals surface area contributed by atoms with Gasteiger partial charge in [-0.05, 0) is 45.3 Å². The van der Waals surface area contributed by atoms with Gasteiger partial charge in [0, 0.05) is 43.8 Å². The standard InChI is InChI=1S/C22H28N6O2/c1-14(15-3-4-18(29)9-15)30-22-19-13-27(2)26-21(19)10-20(25-22)16-11-24-28(12-16)17-5-7-23-8-6-17/h10-15,17,23H,3-9H2,1-2H3/t14-,15+/m1/s1. The molecule has 30 heavy (non-hydrogen) atoms. The highest BCUT2D eigenvalue weighted by molar-refractivity contribution is 5.86. The summed E-state index contributed by atoms with van der Waals surface area (Å²) in [5.41, 5.74) is 2.63. The average molecular weight is 409 g/mol. The Labute approximate surface area is 175 Å². The van der Waals surface area contributed by atoms with Gasteiger partial charge in [-0.25, -0.2) is 4.98 Å². The first-order valence-electron chi connectivity index (χ1n) is 10.8. The number of carbonyl (C=O) groups excluding carboxylic acids is 1. The molecule has 3 aromatic heterocycles. The molecule has 0 spiro atoms. The second-order valence-electron chi connectivity index (χ2n) is 8.60. The molecule has 1 saturated heterocycles. The summed E-state index contributed by atoms with van der Waals surface area (Å²) >= 11 is 0. The van der Waals surface area contributed by atoms with Crippen LogP contribution < -0.4 is 10.1 Å². The third kappa shape index (κ3) is 3.71. The van der Waals surface area contributed by atoms with Crippen molar-refractivity contribution in [2.24, 2.45) is 13.0 Å². The topological polar surface area (TPSA) is 86.9 Å². The summed E-state index contributed by atoms with van der Waals surface area (Å²) in [6.45, 7) is 4.09. The molecule has 0 bridgehead atoms. The van der Waals surface area contributed by atoms with Crippen LogP contribution in [0, 0.1) is 5.92 Å². The molecular weight excluding hydrogens is 380 g/mol. The lowest BCUT2D eigenvalue weighted by molar-refractivity contribution is -0.117. The van der Waals surface area contributed by atoms with Crippen molar-refractivity contribution in [3.63, 3.8) is 0 Å². The van der Waals surface area contributed by atoms with Crippen LogP contribution in [0.15, 0.2) is 24.7 Å². The van der Waals surface area contributed by atoms with Crippen molar-refractivity contribution < 1.29 is 9.53 Å². The van der Waals surface area contributed by atoms with E-state index in [0.29, 0.717) is 30.5 Å². The predicted molar refractivity (Wildman–Crippen MR) is 113 cm³/mol. The highest BCUT2D eigenvalue weighted by atomic mass is 16.5. The van der Waals surface area contributed by atoms with E-state index in [9.17, 15) is 4.79 Å². The Hall–Kier alpha value is -2.74. The number of nitrogens with zero attached hydrogens (tertiary/aromatic N) is 5. The Kier molecular flexibility index (Phi) is 5.02. The van der Waals surface area contributed by atoms with Crippen LogP contribution in [0.3, 0.4) is 0 Å². The quantitative estimate of drug-likeness (QED) is 0.699. The van der Waals surface area contributed by atoms with Gasteiger partial charge in [0.15, 0.2) is 0 Å². The molecule has 0 amide bonds. The second kappa shape index (κ2) is 7.83. The fourth-order valence-electron chi connectivity index (χ4n) is 4.60. The Morgan fingerprint density at radius 3 is 2.83 bits per heavy atom. The van der Waals surface area contributed by atoms with Crippen LogP contribution in [0.4, 0.5) is 0 Å². The van der Waals surface area contributed by atoms with Gasteiger partial charge < -0.3 is 10.1 Å². The molecule has 2 aliphatic rings. The Balaban J connectivity index is 1.46. The third-order valence-corrected chi connectivity index (χ3v) is 6.41. The van der Waals surface area contributed by atoms with E-state index in [1.54, 1.807) is 4.68 Å². The lowest BCUT2D eigenvalue weighted by Gasteiger charge is -2.22. The van der Waals surface area contributed by atoms with Crippen molar-refractivity contribution in [3.8, 4) is 17.1 Å². The molecule has 158 valence electrons. The van der Waals surface area contributed by atoms with Gasteiger partial charge in [-0.15, -0.1) is 0 Å². The number of fused-ring (bicyclic) bond motifs is 1. The first-order valence-corrected chi connectivity index (χ1v) is 10.8. The molecular formula is C22H28N6O2. The van der Waals surface area contributed by atoms with Crippen molar-refractivity contribution in [1.82, 2.24) is 29.9 Å². The van der Waals surface area contributed by atoms with Crippen LogP contribution in [0.25, 0.3) is 22.2 Å². The van der Waals surface area contributed by atoms with Gasteiger partial charge in [-0.2, -0.15) is 10.2 Å². The SMILES string of the molecule is C[C@@H](Oc1nc(-c2cnn(C3CCNCC3)c2)cc2nn(C)cc12)[C@H]1CCC(=O)C1. The molecule has 1 aliphatic carbocycles. The van der Waals surface area contributed by atoms with Crippen molar-refractivity contribution >= 4 is 16.7 Å². The first-order chi connectivity index (χ1) is 14.6. The number of carbonyl (C=O) groups is 1. The number of ether oxygens (including phenoxy) is 1. The van der Waals surface area contributed by atoms with Crippen LogP contribution >= 0.6 is 0 Å². The van der Waals surface area contributed by atoms with Gasteiger partial charge in [-0.3, -0.25) is 14.2 Å². The highest BCUT2D eigenvalue weighted by Gasteiger charge is 2.29. The molecule has 0 unspecified atom stereocenters. The molecule has 3 aromatic rings. The number of aromatic nitrogens is 5. The third-order valence-electron chi connectivity index (χ3n) is 6.41. The minimum Gasteiger partial charge on any atom is -0.474 e. The number of nitrogens with one attached hydrogen (secondary N) is 1. The Morgan fingerprint density at radius 1 is 1.23 bits per heavy atom. The number of hydrogen-bond donors (Lipinski definition) is 1. The molecule has 4 heterocycles. The van der Waals surface area contributed by atoms with Gasteiger partial charge in [0.25, 0.3) is 0 Å². The molecule has 8 nitrogen and oxygen atoms in total. The molecule has 1 saturated carbocycles. The Morgan fingerprint density at radius 2 is 2.07 bits per heavy atom. The number of pyridine rings is 1. The molecule has 0 radical (unpaired) electrons. The fourth-order valence-corrected chi connectivity index (χ4v) is 4.60. The zero-order valence-electron chi connectivity index (χ0n) is 17.5. The van der Waals surface area contributed by atoms with E-state index < -0.39 is 0 Å². The number of rotatable bonds is 5. The molecule has 5 rings (SSSR count). The van der Waals surface area contributed by atoms with E-state index >= 15 is 0 Å². The van der Waals surface area contributed by atoms with Crippen LogP contribution in [0.5, 0.6) is 5.88 Å². The number of piperidine rings is 1. The van der Waals surface area contributed by atoms with Gasteiger partial charge in [0.1, 0.15) is 11.9 Å². The largest absolute Gasteiger partial charge is 0.474 e. The predicted octanol–water partition coefficient (Wildman–Crippen LogP) is 2.89. The number of ketones is 1. The average Bonchev–Trinajstić information content (AvgIpc) is 3.47. The maximum absolute atomic E-state index is 11.7. The highest BCUT2D eigenvalue weighted by Crippen LogP contribution is 2.33. The van der Waals surface area contributed by atoms with E-state index in [1.165, 1.54) is 0 Å². The van der Waals surface area contributed by atoms with Crippen LogP contribution in [0.1, 0.15) is 45.1 Å². The monoisotopic (exact) mass is 408 g/mol. The second-order valence-corrected chi connectivity index (χ2v) is 8.60. The summed E-state index contributed by atoms with van der Waals surface area (Å²) in [6, 6.07) is 2.42. The van der Waals surface area contributed by atoms with Crippen molar-refractivity contribution in [2.75, 3.05) is 13.1 Å². The summed E-state index contributed by atoms with van der Waals surface area (Å²) in [5, 5.41) is 13.5. The lowest BCUT2D eigenvalue weighted by atomic mass is 10.0. The first kappa shape index (κ1) is 19.2. The summed E-state index contributed by atoms with van der Waals surface area (Å²) < 4.78 is 10.2. The fraction of sp³-hybridized carbons (Fsp3) is 0.545. The zero-order chi connectivity index (χ0) is 20.7. The minimum absolute atomic E-state index is 0.0694. The molecule has 2 atom stereocenters. The van der Waals surface area contributed by atoms with Gasteiger partial charge in [0.2, 0.25) is 5.88 Å². The molecule has 8 heteroatoms. The number of hydrogen-bond acceptors (Lipinski definition) is 6. The number of aryl methyl sites for hydroxylation is 1. The van der Waals surface area contributed by atoms with Crippen molar-refractivity contribution in [1.29, 1.82) is 0 Å². The minimum atomic E-state index is -0.0694. The summed E-state index contributed by atoms with van der Waals surface area (Å²) in [7, 11) is 1.90. The lowest BCUT2D eigenvalue weighted by Crippen LogP contribution is -2.29. The maximum atomic E-state index is 11.7. The van der Waals surface area contributed by atoms with Crippen molar-refractivity contribution in [3.05, 3.63) is 24.7 Å². The van der Waals surface area contributed by atoms with Crippen molar-refractivity contribution in [2.45, 2.75) is 51.2 Å². The molecule has 2 fully saturated rings. The molecule has 1 N–H and O–H groups in total. The Bertz CT molecular complexity index is 1060. The van der Waals surface area contributed by atoms with E-state index in [1.807, 2.05) is 32.4 Å². The van der Waals surface area contributed by atoms with Crippen LogP contribution in [-0.4, -0.2) is 49.5 Å². The molecule has 1 aliphatic heterocycles.